The minimum Gasteiger partial charge on any atom is -0.394 e. The SMILES string of the molecule is CCCCCCC/C=C/CC/C=C/CC/C=C/C(O)C(COC1OC(CO)C(O)C(O)C1O)NC(=O)CCCCCCCCCCCCC. The summed E-state index contributed by atoms with van der Waals surface area (Å²) in [6.45, 7) is 3.70. The second-order valence-electron chi connectivity index (χ2n) is 13.7. The summed E-state index contributed by atoms with van der Waals surface area (Å²) < 4.78 is 11.1. The summed E-state index contributed by atoms with van der Waals surface area (Å²) in [5.74, 6) is -0.195. The van der Waals surface area contributed by atoms with Crippen LogP contribution in [0, 0.1) is 0 Å². The summed E-state index contributed by atoms with van der Waals surface area (Å²) in [7, 11) is 0. The van der Waals surface area contributed by atoms with Crippen molar-refractivity contribution in [3.8, 4) is 0 Å². The lowest BCUT2D eigenvalue weighted by Gasteiger charge is -2.40. The van der Waals surface area contributed by atoms with E-state index in [1.807, 2.05) is 6.08 Å². The number of unbranched alkanes of at least 4 members (excludes halogenated alkanes) is 17. The van der Waals surface area contributed by atoms with Gasteiger partial charge in [-0.2, -0.15) is 0 Å². The summed E-state index contributed by atoms with van der Waals surface area (Å²) in [4.78, 5) is 12.8. The van der Waals surface area contributed by atoms with E-state index >= 15 is 0 Å². The van der Waals surface area contributed by atoms with Gasteiger partial charge < -0.3 is 40.3 Å². The maximum atomic E-state index is 12.8. The molecule has 9 heteroatoms. The molecule has 0 aromatic carbocycles. The number of aliphatic hydroxyl groups is 5. The van der Waals surface area contributed by atoms with Gasteiger partial charge in [0.05, 0.1) is 25.4 Å². The standard InChI is InChI=1S/C40H73NO8/c1-3-5-7-9-11-13-15-16-17-18-20-21-23-25-27-29-34(43)33(32-48-40-39(47)38(46)37(45)35(31-42)49-40)41-36(44)30-28-26-24-22-19-14-12-10-8-6-4-2/h15-16,20-21,27,29,33-35,37-40,42-43,45-47H,3-14,17-19,22-26,28,30-32H2,1-2H3,(H,41,44)/b16-15+,21-20+,29-27+. The van der Waals surface area contributed by atoms with Crippen LogP contribution in [0.1, 0.15) is 155 Å². The molecule has 286 valence electrons. The van der Waals surface area contributed by atoms with Gasteiger partial charge in [-0.3, -0.25) is 4.79 Å². The molecule has 1 aliphatic rings. The van der Waals surface area contributed by atoms with Crippen LogP contribution in [0.15, 0.2) is 36.5 Å². The molecule has 0 aromatic rings. The van der Waals surface area contributed by atoms with E-state index in [-0.39, 0.29) is 12.5 Å². The average molecular weight is 696 g/mol. The van der Waals surface area contributed by atoms with Crippen LogP contribution in [0.2, 0.25) is 0 Å². The van der Waals surface area contributed by atoms with Gasteiger partial charge in [-0.25, -0.2) is 0 Å². The molecule has 1 saturated heterocycles. The number of rotatable bonds is 31. The Balaban J connectivity index is 2.50. The van der Waals surface area contributed by atoms with Gasteiger partial charge in [-0.15, -0.1) is 0 Å². The van der Waals surface area contributed by atoms with Crippen LogP contribution in [-0.4, -0.2) is 87.5 Å². The van der Waals surface area contributed by atoms with Gasteiger partial charge in [-0.1, -0.05) is 140 Å². The molecule has 0 bridgehead atoms. The first kappa shape index (κ1) is 45.4. The molecule has 0 saturated carbocycles. The molecule has 1 rings (SSSR count). The van der Waals surface area contributed by atoms with Crippen molar-refractivity contribution < 1.29 is 39.8 Å². The van der Waals surface area contributed by atoms with E-state index in [1.54, 1.807) is 6.08 Å². The third-order valence-corrected chi connectivity index (χ3v) is 9.20. The average Bonchev–Trinajstić information content (AvgIpc) is 3.10. The summed E-state index contributed by atoms with van der Waals surface area (Å²) in [5.41, 5.74) is 0. The maximum absolute atomic E-state index is 12.8. The number of amides is 1. The fourth-order valence-electron chi connectivity index (χ4n) is 5.95. The fraction of sp³-hybridized carbons (Fsp3) is 0.825. The lowest BCUT2D eigenvalue weighted by molar-refractivity contribution is -0.302. The highest BCUT2D eigenvalue weighted by atomic mass is 16.7. The Morgan fingerprint density at radius 2 is 1.16 bits per heavy atom. The number of hydrogen-bond donors (Lipinski definition) is 6. The summed E-state index contributed by atoms with van der Waals surface area (Å²) in [5, 5.41) is 53.9. The minimum absolute atomic E-state index is 0.195. The minimum atomic E-state index is -1.57. The smallest absolute Gasteiger partial charge is 0.220 e. The Bertz CT molecular complexity index is 863. The van der Waals surface area contributed by atoms with Crippen molar-refractivity contribution in [3.63, 3.8) is 0 Å². The van der Waals surface area contributed by atoms with Crippen LogP contribution in [0.4, 0.5) is 0 Å². The zero-order valence-corrected chi connectivity index (χ0v) is 30.9. The first-order valence-corrected chi connectivity index (χ1v) is 19.7. The molecule has 49 heavy (non-hydrogen) atoms. The van der Waals surface area contributed by atoms with E-state index in [0.717, 1.165) is 51.4 Å². The number of allylic oxidation sites excluding steroid dienone is 5. The normalized spacial score (nSPS) is 22.8. The monoisotopic (exact) mass is 696 g/mol. The fourth-order valence-corrected chi connectivity index (χ4v) is 5.95. The lowest BCUT2D eigenvalue weighted by Crippen LogP contribution is -2.60. The first-order chi connectivity index (χ1) is 23.8. The Labute approximate surface area is 298 Å². The van der Waals surface area contributed by atoms with Gasteiger partial charge in [0.1, 0.15) is 24.4 Å². The third kappa shape index (κ3) is 22.8. The van der Waals surface area contributed by atoms with Gasteiger partial charge in [-0.05, 0) is 44.9 Å². The second kappa shape index (κ2) is 31.2. The Morgan fingerprint density at radius 1 is 0.673 bits per heavy atom. The molecule has 0 radical (unpaired) electrons. The van der Waals surface area contributed by atoms with Crippen LogP contribution in [0.3, 0.4) is 0 Å². The summed E-state index contributed by atoms with van der Waals surface area (Å²) in [6.07, 6.45) is 29.0. The van der Waals surface area contributed by atoms with Gasteiger partial charge in [0.15, 0.2) is 6.29 Å². The molecule has 1 aliphatic heterocycles. The van der Waals surface area contributed by atoms with E-state index < -0.39 is 49.5 Å². The molecular formula is C40H73NO8. The van der Waals surface area contributed by atoms with Crippen molar-refractivity contribution in [3.05, 3.63) is 36.5 Å². The molecule has 0 aromatic heterocycles. The van der Waals surface area contributed by atoms with Gasteiger partial charge in [0.2, 0.25) is 5.91 Å². The predicted octanol–water partition coefficient (Wildman–Crippen LogP) is 6.94. The van der Waals surface area contributed by atoms with Gasteiger partial charge in [0.25, 0.3) is 0 Å². The molecule has 7 atom stereocenters. The van der Waals surface area contributed by atoms with Crippen molar-refractivity contribution in [2.75, 3.05) is 13.2 Å². The van der Waals surface area contributed by atoms with E-state index in [0.29, 0.717) is 6.42 Å². The molecule has 1 fully saturated rings. The molecule has 6 N–H and O–H groups in total. The van der Waals surface area contributed by atoms with Crippen LogP contribution in [0.5, 0.6) is 0 Å². The molecule has 1 amide bonds. The van der Waals surface area contributed by atoms with Crippen molar-refractivity contribution in [1.82, 2.24) is 5.32 Å². The van der Waals surface area contributed by atoms with Crippen LogP contribution in [0.25, 0.3) is 0 Å². The van der Waals surface area contributed by atoms with E-state index in [1.165, 1.54) is 83.5 Å². The number of carbonyl (C=O) groups excluding carboxylic acids is 1. The Hall–Kier alpha value is -1.59. The van der Waals surface area contributed by atoms with E-state index in [2.05, 4.69) is 43.5 Å². The van der Waals surface area contributed by atoms with Crippen molar-refractivity contribution in [1.29, 1.82) is 0 Å². The van der Waals surface area contributed by atoms with Crippen molar-refractivity contribution >= 4 is 5.91 Å². The number of nitrogens with one attached hydrogen (secondary N) is 1. The van der Waals surface area contributed by atoms with Crippen LogP contribution in [-0.2, 0) is 14.3 Å². The molecule has 9 nitrogen and oxygen atoms in total. The number of ether oxygens (including phenoxy) is 2. The summed E-state index contributed by atoms with van der Waals surface area (Å²) >= 11 is 0. The first-order valence-electron chi connectivity index (χ1n) is 19.7. The quantitative estimate of drug-likeness (QED) is 0.0338. The Morgan fingerprint density at radius 3 is 1.71 bits per heavy atom. The van der Waals surface area contributed by atoms with Crippen LogP contribution >= 0.6 is 0 Å². The van der Waals surface area contributed by atoms with E-state index in [9.17, 15) is 30.3 Å². The molecule has 0 aliphatic carbocycles. The van der Waals surface area contributed by atoms with Crippen molar-refractivity contribution in [2.45, 2.75) is 198 Å². The molecule has 1 heterocycles. The zero-order valence-electron chi connectivity index (χ0n) is 30.9. The van der Waals surface area contributed by atoms with Gasteiger partial charge >= 0.3 is 0 Å². The molecule has 0 spiro atoms. The zero-order chi connectivity index (χ0) is 36.0. The largest absolute Gasteiger partial charge is 0.394 e. The second-order valence-corrected chi connectivity index (χ2v) is 13.7. The highest BCUT2D eigenvalue weighted by Crippen LogP contribution is 2.22. The number of hydrogen-bond acceptors (Lipinski definition) is 8. The highest BCUT2D eigenvalue weighted by Gasteiger charge is 2.44. The molecule has 7 unspecified atom stereocenters. The van der Waals surface area contributed by atoms with Crippen molar-refractivity contribution in [2.24, 2.45) is 0 Å². The highest BCUT2D eigenvalue weighted by molar-refractivity contribution is 5.76. The summed E-state index contributed by atoms with van der Waals surface area (Å²) in [6, 6.07) is -0.821. The number of aliphatic hydroxyl groups excluding tert-OH is 5. The lowest BCUT2D eigenvalue weighted by atomic mass is 9.99. The Kier molecular flexibility index (Phi) is 28.9. The predicted molar refractivity (Wildman–Crippen MR) is 198 cm³/mol. The van der Waals surface area contributed by atoms with E-state index in [4.69, 9.17) is 9.47 Å². The van der Waals surface area contributed by atoms with Gasteiger partial charge in [0, 0.05) is 6.42 Å². The number of carbonyl (C=O) groups is 1. The topological polar surface area (TPSA) is 149 Å². The van der Waals surface area contributed by atoms with Crippen LogP contribution < -0.4 is 5.32 Å². The maximum Gasteiger partial charge on any atom is 0.220 e. The third-order valence-electron chi connectivity index (χ3n) is 9.20. The molecular weight excluding hydrogens is 622 g/mol.